The molecular weight excluding hydrogens is 268 g/mol. The molecule has 0 fully saturated rings. The molecule has 0 heterocycles. The second-order valence-electron chi connectivity index (χ2n) is 3.82. The van der Waals surface area contributed by atoms with E-state index in [2.05, 4.69) is 11.4 Å². The third kappa shape index (κ3) is 4.25. The van der Waals surface area contributed by atoms with Crippen LogP contribution in [0.4, 0.5) is 5.69 Å². The van der Waals surface area contributed by atoms with Gasteiger partial charge in [0.05, 0.1) is 11.3 Å². The Labute approximate surface area is 117 Å². The molecule has 1 aromatic carbocycles. The van der Waals surface area contributed by atoms with Crippen molar-refractivity contribution < 1.29 is 4.79 Å². The molecule has 1 amide bonds. The van der Waals surface area contributed by atoms with Crippen molar-refractivity contribution in [2.24, 2.45) is 0 Å². The molecular formula is C13H15ClN2OS. The van der Waals surface area contributed by atoms with Gasteiger partial charge in [0, 0.05) is 22.9 Å². The second-order valence-corrected chi connectivity index (χ2v) is 5.68. The minimum absolute atomic E-state index is 0.0664. The highest BCUT2D eigenvalue weighted by Gasteiger charge is 2.14. The van der Waals surface area contributed by atoms with Crippen molar-refractivity contribution in [3.63, 3.8) is 0 Å². The summed E-state index contributed by atoms with van der Waals surface area (Å²) in [6.07, 6.45) is 0.457. The number of hydrogen-bond donors (Lipinski definition) is 1. The molecule has 0 radical (unpaired) electrons. The average Bonchev–Trinajstić information content (AvgIpc) is 2.35. The number of carbonyl (C=O) groups is 1. The van der Waals surface area contributed by atoms with E-state index >= 15 is 0 Å². The summed E-state index contributed by atoms with van der Waals surface area (Å²) in [6, 6.07) is 7.48. The Balaban J connectivity index is 2.59. The van der Waals surface area contributed by atoms with E-state index in [1.54, 1.807) is 12.1 Å². The number of anilines is 1. The van der Waals surface area contributed by atoms with Crippen molar-refractivity contribution in [1.82, 2.24) is 0 Å². The van der Waals surface area contributed by atoms with Gasteiger partial charge in [-0.1, -0.05) is 17.7 Å². The number of thioether (sulfide) groups is 1. The SMILES string of the molecule is Cc1c(Cl)cccc1NC(=O)C(C)SCCC#N. The number of rotatable bonds is 5. The van der Waals surface area contributed by atoms with Crippen LogP contribution >= 0.6 is 23.4 Å². The summed E-state index contributed by atoms with van der Waals surface area (Å²) in [4.78, 5) is 11.9. The number of halogens is 1. The van der Waals surface area contributed by atoms with Crippen LogP contribution in [0, 0.1) is 18.3 Å². The predicted molar refractivity (Wildman–Crippen MR) is 77.0 cm³/mol. The van der Waals surface area contributed by atoms with Gasteiger partial charge in [0.15, 0.2) is 0 Å². The van der Waals surface area contributed by atoms with Crippen LogP contribution < -0.4 is 5.32 Å². The zero-order valence-corrected chi connectivity index (χ0v) is 11.9. The maximum absolute atomic E-state index is 11.9. The summed E-state index contributed by atoms with van der Waals surface area (Å²) in [5.74, 6) is 0.600. The quantitative estimate of drug-likeness (QED) is 0.839. The van der Waals surface area contributed by atoms with Gasteiger partial charge in [-0.2, -0.15) is 5.26 Å². The number of hydrogen-bond acceptors (Lipinski definition) is 3. The number of amides is 1. The van der Waals surface area contributed by atoms with Crippen LogP contribution in [0.15, 0.2) is 18.2 Å². The Hall–Kier alpha value is -1.18. The van der Waals surface area contributed by atoms with Crippen LogP contribution in [0.5, 0.6) is 0 Å². The Morgan fingerprint density at radius 3 is 3.00 bits per heavy atom. The highest BCUT2D eigenvalue weighted by atomic mass is 35.5. The van der Waals surface area contributed by atoms with Crippen molar-refractivity contribution in [2.45, 2.75) is 25.5 Å². The van der Waals surface area contributed by atoms with E-state index < -0.39 is 0 Å². The molecule has 1 rings (SSSR count). The Kier molecular flexibility index (Phi) is 6.03. The Bertz CT molecular complexity index is 471. The standard InChI is InChI=1S/C13H15ClN2OS/c1-9-11(14)5-3-6-12(9)16-13(17)10(2)18-8-4-7-15/h3,5-6,10H,4,8H2,1-2H3,(H,16,17). The number of benzene rings is 1. The summed E-state index contributed by atoms with van der Waals surface area (Å²) < 4.78 is 0. The first-order chi connectivity index (χ1) is 8.56. The van der Waals surface area contributed by atoms with Gasteiger partial charge in [-0.25, -0.2) is 0 Å². The van der Waals surface area contributed by atoms with E-state index in [9.17, 15) is 4.79 Å². The molecule has 1 N–H and O–H groups in total. The molecule has 1 atom stereocenters. The maximum Gasteiger partial charge on any atom is 0.237 e. The summed E-state index contributed by atoms with van der Waals surface area (Å²) in [6.45, 7) is 3.70. The van der Waals surface area contributed by atoms with E-state index in [-0.39, 0.29) is 11.2 Å². The van der Waals surface area contributed by atoms with E-state index in [1.165, 1.54) is 11.8 Å². The summed E-state index contributed by atoms with van der Waals surface area (Å²) in [5, 5.41) is 11.7. The number of carbonyl (C=O) groups excluding carboxylic acids is 1. The van der Waals surface area contributed by atoms with E-state index in [0.29, 0.717) is 17.2 Å². The Morgan fingerprint density at radius 2 is 2.33 bits per heavy atom. The maximum atomic E-state index is 11.9. The fraction of sp³-hybridized carbons (Fsp3) is 0.385. The van der Waals surface area contributed by atoms with Gasteiger partial charge in [0.25, 0.3) is 0 Å². The largest absolute Gasteiger partial charge is 0.325 e. The van der Waals surface area contributed by atoms with Gasteiger partial charge in [-0.15, -0.1) is 11.8 Å². The topological polar surface area (TPSA) is 52.9 Å². The highest BCUT2D eigenvalue weighted by Crippen LogP contribution is 2.24. The lowest BCUT2D eigenvalue weighted by Crippen LogP contribution is -2.23. The molecule has 0 spiro atoms. The summed E-state index contributed by atoms with van der Waals surface area (Å²) in [5.41, 5.74) is 1.60. The van der Waals surface area contributed by atoms with Crippen LogP contribution in [0.2, 0.25) is 5.02 Å². The molecule has 0 aliphatic heterocycles. The molecule has 0 aliphatic carbocycles. The molecule has 3 nitrogen and oxygen atoms in total. The second kappa shape index (κ2) is 7.30. The minimum Gasteiger partial charge on any atom is -0.325 e. The average molecular weight is 283 g/mol. The molecule has 0 bridgehead atoms. The normalized spacial score (nSPS) is 11.7. The first-order valence-corrected chi connectivity index (χ1v) is 7.03. The number of nitriles is 1. The molecule has 0 saturated heterocycles. The monoisotopic (exact) mass is 282 g/mol. The van der Waals surface area contributed by atoms with Gasteiger partial charge in [-0.05, 0) is 31.5 Å². The van der Waals surface area contributed by atoms with E-state index in [4.69, 9.17) is 16.9 Å². The fourth-order valence-electron chi connectivity index (χ4n) is 1.33. The lowest BCUT2D eigenvalue weighted by atomic mass is 10.2. The van der Waals surface area contributed by atoms with Gasteiger partial charge in [0.1, 0.15) is 0 Å². The third-order valence-corrected chi connectivity index (χ3v) is 4.04. The van der Waals surface area contributed by atoms with E-state index in [1.807, 2.05) is 19.9 Å². The predicted octanol–water partition coefficient (Wildman–Crippen LogP) is 3.62. The van der Waals surface area contributed by atoms with Gasteiger partial charge < -0.3 is 5.32 Å². The third-order valence-electron chi connectivity index (χ3n) is 2.48. The van der Waals surface area contributed by atoms with Gasteiger partial charge in [0.2, 0.25) is 5.91 Å². The zero-order chi connectivity index (χ0) is 13.5. The van der Waals surface area contributed by atoms with Gasteiger partial charge in [-0.3, -0.25) is 4.79 Å². The van der Waals surface area contributed by atoms with E-state index in [0.717, 1.165) is 11.3 Å². The molecule has 0 aromatic heterocycles. The summed E-state index contributed by atoms with van der Waals surface area (Å²) >= 11 is 7.46. The molecule has 0 saturated carbocycles. The molecule has 1 aromatic rings. The van der Waals surface area contributed by atoms with Crippen LogP contribution in [0.3, 0.4) is 0 Å². The van der Waals surface area contributed by atoms with Gasteiger partial charge >= 0.3 is 0 Å². The number of nitrogens with zero attached hydrogens (tertiary/aromatic N) is 1. The summed E-state index contributed by atoms with van der Waals surface area (Å²) in [7, 11) is 0. The minimum atomic E-state index is -0.184. The Morgan fingerprint density at radius 1 is 1.61 bits per heavy atom. The van der Waals surface area contributed by atoms with Crippen LogP contribution in [0.1, 0.15) is 18.9 Å². The molecule has 1 unspecified atom stereocenters. The van der Waals surface area contributed by atoms with Crippen LogP contribution in [0.25, 0.3) is 0 Å². The van der Waals surface area contributed by atoms with Crippen molar-refractivity contribution in [1.29, 1.82) is 5.26 Å². The van der Waals surface area contributed by atoms with Crippen LogP contribution in [-0.2, 0) is 4.79 Å². The fourth-order valence-corrected chi connectivity index (χ4v) is 2.28. The lowest BCUT2D eigenvalue weighted by molar-refractivity contribution is -0.115. The van der Waals surface area contributed by atoms with Crippen LogP contribution in [-0.4, -0.2) is 16.9 Å². The highest BCUT2D eigenvalue weighted by molar-refractivity contribution is 8.00. The molecule has 18 heavy (non-hydrogen) atoms. The van der Waals surface area contributed by atoms with Crippen molar-refractivity contribution in [3.05, 3.63) is 28.8 Å². The first-order valence-electron chi connectivity index (χ1n) is 5.60. The molecule has 5 heteroatoms. The molecule has 0 aliphatic rings. The first kappa shape index (κ1) is 14.9. The smallest absolute Gasteiger partial charge is 0.237 e. The number of nitrogens with one attached hydrogen (secondary N) is 1. The van der Waals surface area contributed by atoms with Crippen molar-refractivity contribution in [3.8, 4) is 6.07 Å². The van der Waals surface area contributed by atoms with Crippen molar-refractivity contribution >= 4 is 35.0 Å². The lowest BCUT2D eigenvalue weighted by Gasteiger charge is -2.13. The zero-order valence-electron chi connectivity index (χ0n) is 10.4. The molecule has 96 valence electrons. The van der Waals surface area contributed by atoms with Crippen molar-refractivity contribution in [2.75, 3.05) is 11.1 Å².